The number of aryl methyl sites for hydroxylation is 1. The molecule has 7 heteroatoms. The molecule has 0 saturated heterocycles. The highest BCUT2D eigenvalue weighted by molar-refractivity contribution is 5.74. The van der Waals surface area contributed by atoms with Gasteiger partial charge in [0, 0.05) is 14.1 Å². The number of hydrogen-bond acceptors (Lipinski definition) is 4. The highest BCUT2D eigenvalue weighted by atomic mass is 16.2. The van der Waals surface area contributed by atoms with Crippen LogP contribution in [-0.2, 0) is 20.1 Å². The number of nitrogens with zero attached hydrogens (tertiary/aromatic N) is 4. The number of rotatable bonds is 5. The van der Waals surface area contributed by atoms with Gasteiger partial charge < -0.3 is 5.32 Å². The zero-order valence-corrected chi connectivity index (χ0v) is 15.8. The number of fused-ring (bicyclic) bond motifs is 1. The smallest absolute Gasteiger partial charge is 0.332 e. The molecule has 0 aliphatic heterocycles. The van der Waals surface area contributed by atoms with E-state index in [1.54, 1.807) is 14.1 Å². The van der Waals surface area contributed by atoms with E-state index in [9.17, 15) is 9.59 Å². The summed E-state index contributed by atoms with van der Waals surface area (Å²) in [6.07, 6.45) is 0. The lowest BCUT2D eigenvalue weighted by Gasteiger charge is -2.11. The fourth-order valence-electron chi connectivity index (χ4n) is 3.39. The number of nitrogens with one attached hydrogen (secondary N) is 1. The molecular formula is C21H21N5O2. The van der Waals surface area contributed by atoms with E-state index >= 15 is 0 Å². The fourth-order valence-corrected chi connectivity index (χ4v) is 3.39. The van der Waals surface area contributed by atoms with E-state index in [0.717, 1.165) is 11.1 Å². The van der Waals surface area contributed by atoms with Gasteiger partial charge in [0.05, 0.1) is 13.1 Å². The summed E-state index contributed by atoms with van der Waals surface area (Å²) >= 11 is 0. The van der Waals surface area contributed by atoms with Crippen LogP contribution in [0.5, 0.6) is 0 Å². The first kappa shape index (κ1) is 17.8. The maximum atomic E-state index is 13.3. The first-order valence-corrected chi connectivity index (χ1v) is 9.06. The van der Waals surface area contributed by atoms with Crippen molar-refractivity contribution in [2.45, 2.75) is 13.1 Å². The molecule has 0 amide bonds. The zero-order valence-electron chi connectivity index (χ0n) is 15.8. The lowest BCUT2D eigenvalue weighted by molar-refractivity contribution is 0.653. The van der Waals surface area contributed by atoms with Crippen LogP contribution in [0.2, 0.25) is 0 Å². The predicted molar refractivity (Wildman–Crippen MR) is 110 cm³/mol. The molecule has 1 N–H and O–H groups in total. The Labute approximate surface area is 161 Å². The Hall–Kier alpha value is -3.61. The van der Waals surface area contributed by atoms with Crippen LogP contribution in [0.4, 0.5) is 5.95 Å². The maximum absolute atomic E-state index is 13.3. The van der Waals surface area contributed by atoms with Gasteiger partial charge in [-0.25, -0.2) is 4.79 Å². The molecule has 0 unspecified atom stereocenters. The van der Waals surface area contributed by atoms with Crippen molar-refractivity contribution in [3.8, 4) is 0 Å². The van der Waals surface area contributed by atoms with Crippen molar-refractivity contribution >= 4 is 17.1 Å². The Morgan fingerprint density at radius 3 is 1.93 bits per heavy atom. The van der Waals surface area contributed by atoms with Gasteiger partial charge in [-0.05, 0) is 11.1 Å². The predicted octanol–water partition coefficient (Wildman–Crippen LogP) is 2.03. The Morgan fingerprint density at radius 2 is 1.39 bits per heavy atom. The molecule has 0 saturated carbocycles. The molecule has 0 radical (unpaired) electrons. The lowest BCUT2D eigenvalue weighted by Crippen LogP contribution is -2.40. The summed E-state index contributed by atoms with van der Waals surface area (Å²) in [6.45, 7) is 0.694. The van der Waals surface area contributed by atoms with Crippen LogP contribution in [0.3, 0.4) is 0 Å². The monoisotopic (exact) mass is 375 g/mol. The van der Waals surface area contributed by atoms with Crippen LogP contribution >= 0.6 is 0 Å². The standard InChI is InChI=1S/C21H21N5O2/c1-22-20-23-18-17(25(20)13-15-9-5-3-6-10-15)19(27)26(21(28)24(18)2)14-16-11-7-4-8-12-16/h3-12H,13-14H2,1-2H3,(H,22,23). The summed E-state index contributed by atoms with van der Waals surface area (Å²) in [5, 5.41) is 3.04. The quantitative estimate of drug-likeness (QED) is 0.579. The second-order valence-electron chi connectivity index (χ2n) is 6.65. The summed E-state index contributed by atoms with van der Waals surface area (Å²) in [4.78, 5) is 30.6. The van der Waals surface area contributed by atoms with Gasteiger partial charge in [-0.1, -0.05) is 60.7 Å². The Balaban J connectivity index is 1.94. The van der Waals surface area contributed by atoms with Crippen molar-refractivity contribution in [2.75, 3.05) is 12.4 Å². The molecule has 4 rings (SSSR count). The third-order valence-electron chi connectivity index (χ3n) is 4.82. The van der Waals surface area contributed by atoms with Crippen LogP contribution in [0.25, 0.3) is 11.2 Å². The van der Waals surface area contributed by atoms with Gasteiger partial charge in [-0.15, -0.1) is 0 Å². The van der Waals surface area contributed by atoms with Crippen molar-refractivity contribution in [2.24, 2.45) is 7.05 Å². The van der Waals surface area contributed by atoms with Crippen molar-refractivity contribution in [1.82, 2.24) is 18.7 Å². The molecule has 2 heterocycles. The van der Waals surface area contributed by atoms with Crippen molar-refractivity contribution in [3.05, 3.63) is 92.6 Å². The average Bonchev–Trinajstić information content (AvgIpc) is 3.09. The van der Waals surface area contributed by atoms with E-state index in [4.69, 9.17) is 0 Å². The van der Waals surface area contributed by atoms with E-state index < -0.39 is 0 Å². The van der Waals surface area contributed by atoms with Crippen molar-refractivity contribution in [1.29, 1.82) is 0 Å². The van der Waals surface area contributed by atoms with E-state index in [2.05, 4.69) is 10.3 Å². The molecule has 2 aromatic carbocycles. The number of imidazole rings is 1. The van der Waals surface area contributed by atoms with Gasteiger partial charge in [0.15, 0.2) is 11.2 Å². The summed E-state index contributed by atoms with van der Waals surface area (Å²) in [5.74, 6) is 0.545. The van der Waals surface area contributed by atoms with Crippen LogP contribution in [-0.4, -0.2) is 25.7 Å². The molecule has 0 fully saturated rings. The van der Waals surface area contributed by atoms with Gasteiger partial charge in [0.25, 0.3) is 5.56 Å². The van der Waals surface area contributed by atoms with E-state index in [1.165, 1.54) is 9.13 Å². The van der Waals surface area contributed by atoms with Gasteiger partial charge in [-0.3, -0.25) is 18.5 Å². The van der Waals surface area contributed by atoms with Crippen LogP contribution in [0, 0.1) is 0 Å². The molecular weight excluding hydrogens is 354 g/mol. The Morgan fingerprint density at radius 1 is 0.857 bits per heavy atom. The zero-order chi connectivity index (χ0) is 19.7. The highest BCUT2D eigenvalue weighted by Crippen LogP contribution is 2.17. The Kier molecular flexibility index (Phi) is 4.57. The third kappa shape index (κ3) is 3.00. The molecule has 28 heavy (non-hydrogen) atoms. The minimum atomic E-state index is -0.381. The molecule has 0 atom stereocenters. The normalized spacial score (nSPS) is 11.1. The summed E-state index contributed by atoms with van der Waals surface area (Å²) in [5.41, 5.74) is 2.00. The molecule has 0 aliphatic rings. The van der Waals surface area contributed by atoms with Gasteiger partial charge >= 0.3 is 5.69 Å². The first-order valence-electron chi connectivity index (χ1n) is 9.06. The third-order valence-corrected chi connectivity index (χ3v) is 4.82. The first-order chi connectivity index (χ1) is 13.6. The van der Waals surface area contributed by atoms with Crippen molar-refractivity contribution < 1.29 is 0 Å². The Bertz CT molecular complexity index is 1240. The minimum absolute atomic E-state index is 0.216. The fraction of sp³-hybridized carbons (Fsp3) is 0.190. The van der Waals surface area contributed by atoms with E-state index in [1.807, 2.05) is 65.2 Å². The van der Waals surface area contributed by atoms with Gasteiger partial charge in [0.1, 0.15) is 0 Å². The van der Waals surface area contributed by atoms with Gasteiger partial charge in [0.2, 0.25) is 5.95 Å². The minimum Gasteiger partial charge on any atom is -0.359 e. The molecule has 0 bridgehead atoms. The molecule has 0 spiro atoms. The molecule has 0 aliphatic carbocycles. The van der Waals surface area contributed by atoms with Crippen molar-refractivity contribution in [3.63, 3.8) is 0 Å². The molecule has 4 aromatic rings. The summed E-state index contributed by atoms with van der Waals surface area (Å²) < 4.78 is 4.52. The van der Waals surface area contributed by atoms with E-state index in [-0.39, 0.29) is 17.8 Å². The molecule has 142 valence electrons. The highest BCUT2D eigenvalue weighted by Gasteiger charge is 2.20. The van der Waals surface area contributed by atoms with Crippen LogP contribution in [0.1, 0.15) is 11.1 Å². The summed E-state index contributed by atoms with van der Waals surface area (Å²) in [7, 11) is 3.40. The number of benzene rings is 2. The maximum Gasteiger partial charge on any atom is 0.332 e. The van der Waals surface area contributed by atoms with Crippen LogP contribution in [0.15, 0.2) is 70.3 Å². The number of hydrogen-bond donors (Lipinski definition) is 1. The molecule has 7 nitrogen and oxygen atoms in total. The second-order valence-corrected chi connectivity index (χ2v) is 6.65. The van der Waals surface area contributed by atoms with Crippen LogP contribution < -0.4 is 16.6 Å². The van der Waals surface area contributed by atoms with E-state index in [0.29, 0.717) is 23.7 Å². The summed E-state index contributed by atoms with van der Waals surface area (Å²) in [6, 6.07) is 19.3. The largest absolute Gasteiger partial charge is 0.359 e. The lowest BCUT2D eigenvalue weighted by atomic mass is 10.2. The SMILES string of the molecule is CNc1nc2c(c(=O)n(Cc3ccccc3)c(=O)n2C)n1Cc1ccccc1. The molecule has 2 aromatic heterocycles. The number of anilines is 1. The topological polar surface area (TPSA) is 73.8 Å². The second kappa shape index (κ2) is 7.19. The number of aromatic nitrogens is 4. The van der Waals surface area contributed by atoms with Gasteiger partial charge in [-0.2, -0.15) is 4.98 Å². The average molecular weight is 375 g/mol.